The second-order valence-corrected chi connectivity index (χ2v) is 17.1. The zero-order valence-electron chi connectivity index (χ0n) is 29.5. The molecule has 6 nitrogen and oxygen atoms in total. The number of benzene rings is 4. The normalized spacial score (nSPS) is 12.8. The van der Waals surface area contributed by atoms with E-state index in [4.69, 9.17) is 17.2 Å². The number of ether oxygens (including phenoxy) is 2. The maximum absolute atomic E-state index is 13.4. The molecule has 0 aromatic heterocycles. The Balaban J connectivity index is 1.52. The molecule has 0 aliphatic heterocycles. The third-order valence-corrected chi connectivity index (χ3v) is 10.3. The first-order valence-corrected chi connectivity index (χ1v) is 18.3. The van der Waals surface area contributed by atoms with E-state index in [1.165, 1.54) is 0 Å². The van der Waals surface area contributed by atoms with Crippen LogP contribution in [-0.2, 0) is 41.0 Å². The van der Waals surface area contributed by atoms with E-state index in [0.29, 0.717) is 20.5 Å². The Morgan fingerprint density at radius 3 is 1.30 bits per heavy atom. The quantitative estimate of drug-likeness (QED) is 0.163. The van der Waals surface area contributed by atoms with E-state index < -0.39 is 27.8 Å². The summed E-state index contributed by atoms with van der Waals surface area (Å²) in [6, 6.07) is 22.8. The summed E-state index contributed by atoms with van der Waals surface area (Å²) in [5.41, 5.74) is 4.83. The molecule has 0 atom stereocenters. The molecular formula is C39H48Co2O6. The SMILES string of the molecule is Cc1cc(C(C)(C)c2cc(C)[c]([Co](=[O])[O]c3ccc(OC(C)(C)C)cc3)c(C)c2)cc(C)c1[O][Co](=[O])[c]1ccc(OC(C)(C)C)cc1. The molecule has 0 saturated heterocycles. The molecule has 0 radical (unpaired) electrons. The molecule has 8 heteroatoms. The minimum absolute atomic E-state index is 0.305. The van der Waals surface area contributed by atoms with Crippen LogP contribution in [0.3, 0.4) is 0 Å². The molecule has 0 amide bonds. The average molecular weight is 731 g/mol. The minimum atomic E-state index is -2.10. The monoisotopic (exact) mass is 730 g/mol. The van der Waals surface area contributed by atoms with Crippen molar-refractivity contribution in [2.75, 3.05) is 0 Å². The summed E-state index contributed by atoms with van der Waals surface area (Å²) in [6.07, 6.45) is 0. The van der Waals surface area contributed by atoms with Gasteiger partial charge in [0, 0.05) is 0 Å². The van der Waals surface area contributed by atoms with Crippen LogP contribution >= 0.6 is 0 Å². The van der Waals surface area contributed by atoms with Crippen molar-refractivity contribution < 1.29 is 52.7 Å². The first-order valence-electron chi connectivity index (χ1n) is 15.6. The fraction of sp³-hybridized carbons (Fsp3) is 0.385. The van der Waals surface area contributed by atoms with Crippen molar-refractivity contribution in [2.45, 2.75) is 99.7 Å². The summed E-state index contributed by atoms with van der Waals surface area (Å²) in [7, 11) is 0. The summed E-state index contributed by atoms with van der Waals surface area (Å²) >= 11 is -4.18. The number of hydrogen-bond donors (Lipinski definition) is 0. The summed E-state index contributed by atoms with van der Waals surface area (Å²) < 4.78 is 51.7. The molecule has 0 heterocycles. The third kappa shape index (κ3) is 9.41. The molecule has 0 aliphatic carbocycles. The van der Waals surface area contributed by atoms with Gasteiger partial charge in [0.25, 0.3) is 0 Å². The maximum atomic E-state index is 13.4. The van der Waals surface area contributed by atoms with Crippen LogP contribution in [0.5, 0.6) is 23.0 Å². The second-order valence-electron chi connectivity index (χ2n) is 14.3. The third-order valence-electron chi connectivity index (χ3n) is 7.34. The zero-order valence-corrected chi connectivity index (χ0v) is 31.6. The Morgan fingerprint density at radius 2 is 0.872 bits per heavy atom. The van der Waals surface area contributed by atoms with Gasteiger partial charge in [0.15, 0.2) is 0 Å². The van der Waals surface area contributed by atoms with Crippen LogP contribution in [-0.4, -0.2) is 11.2 Å². The van der Waals surface area contributed by atoms with Gasteiger partial charge in [-0.25, -0.2) is 0 Å². The Morgan fingerprint density at radius 1 is 0.489 bits per heavy atom. The van der Waals surface area contributed by atoms with E-state index >= 15 is 0 Å². The first-order chi connectivity index (χ1) is 21.7. The fourth-order valence-electron chi connectivity index (χ4n) is 5.15. The van der Waals surface area contributed by atoms with Gasteiger partial charge in [-0.1, -0.05) is 0 Å². The molecule has 4 rings (SSSR count). The number of hydrogen-bond acceptors (Lipinski definition) is 6. The van der Waals surface area contributed by atoms with Crippen molar-refractivity contribution in [1.82, 2.24) is 0 Å². The molecule has 4 aromatic carbocycles. The average Bonchev–Trinajstić information content (AvgIpc) is 2.94. The first kappa shape index (κ1) is 36.5. The van der Waals surface area contributed by atoms with Crippen LogP contribution < -0.4 is 26.2 Å². The van der Waals surface area contributed by atoms with Gasteiger partial charge in [-0.15, -0.1) is 0 Å². The second kappa shape index (κ2) is 14.0. The molecule has 258 valence electrons. The van der Waals surface area contributed by atoms with E-state index in [0.717, 1.165) is 44.9 Å². The molecule has 0 bridgehead atoms. The predicted molar refractivity (Wildman–Crippen MR) is 180 cm³/mol. The van der Waals surface area contributed by atoms with Crippen LogP contribution in [0.1, 0.15) is 88.8 Å². The Kier molecular flexibility index (Phi) is 10.9. The van der Waals surface area contributed by atoms with Crippen LogP contribution in [0, 0.1) is 27.7 Å². The van der Waals surface area contributed by atoms with Crippen LogP contribution in [0.15, 0.2) is 72.8 Å². The van der Waals surface area contributed by atoms with Gasteiger partial charge in [0.1, 0.15) is 0 Å². The van der Waals surface area contributed by atoms with Gasteiger partial charge in [-0.2, -0.15) is 0 Å². The predicted octanol–water partition coefficient (Wildman–Crippen LogP) is 8.77. The van der Waals surface area contributed by atoms with Crippen molar-refractivity contribution in [3.8, 4) is 23.0 Å². The topological polar surface area (TPSA) is 71.1 Å². The van der Waals surface area contributed by atoms with Crippen LogP contribution in [0.4, 0.5) is 0 Å². The van der Waals surface area contributed by atoms with E-state index in [1.54, 1.807) is 24.3 Å². The molecule has 0 fully saturated rings. The molecule has 47 heavy (non-hydrogen) atoms. The van der Waals surface area contributed by atoms with Crippen molar-refractivity contribution >= 4 is 9.00 Å². The molecule has 4 aromatic rings. The van der Waals surface area contributed by atoms with Crippen molar-refractivity contribution in [2.24, 2.45) is 0 Å². The van der Waals surface area contributed by atoms with Gasteiger partial charge in [-0.3, -0.25) is 0 Å². The Hall–Kier alpha value is -3.31. The zero-order chi connectivity index (χ0) is 34.9. The van der Waals surface area contributed by atoms with Gasteiger partial charge in [0.05, 0.1) is 0 Å². The number of aryl methyl sites for hydroxylation is 4. The molecule has 0 N–H and O–H groups in total. The summed E-state index contributed by atoms with van der Waals surface area (Å²) in [5, 5.41) is 0. The molecule has 0 spiro atoms. The van der Waals surface area contributed by atoms with Gasteiger partial charge >= 0.3 is 291 Å². The van der Waals surface area contributed by atoms with E-state index in [9.17, 15) is 7.73 Å². The standard InChI is InChI=1S/C19H23O.C10H14O2.C10H13O.2Co.2O/c1-12-7-13(2)9-16(8-12)19(5,6)17-10-14(3)18(20)15(4)11-17;1-10(2,3)12-9-6-4-8(11)5-7-9;1-10(2,3)11-9-7-5-4-6-8-9;;;;/h8-11,20H,1-6H3;4-7,11H,1-3H3;5-8H,1-3H3;;;;/q;;;2*+1;;/p-2. The van der Waals surface area contributed by atoms with Gasteiger partial charge in [-0.05, 0) is 0 Å². The summed E-state index contributed by atoms with van der Waals surface area (Å²) in [4.78, 5) is 0. The van der Waals surface area contributed by atoms with Crippen molar-refractivity contribution in [3.05, 3.63) is 106 Å². The van der Waals surface area contributed by atoms with E-state index in [2.05, 4.69) is 38.1 Å². The van der Waals surface area contributed by atoms with E-state index in [1.807, 2.05) is 93.5 Å². The molecular weight excluding hydrogens is 682 g/mol. The van der Waals surface area contributed by atoms with Gasteiger partial charge < -0.3 is 0 Å². The fourth-order valence-corrected chi connectivity index (χ4v) is 7.55. The van der Waals surface area contributed by atoms with Crippen LogP contribution in [0.2, 0.25) is 0 Å². The van der Waals surface area contributed by atoms with Crippen molar-refractivity contribution in [3.63, 3.8) is 0 Å². The molecule has 0 aliphatic rings. The van der Waals surface area contributed by atoms with E-state index in [-0.39, 0.29) is 16.6 Å². The van der Waals surface area contributed by atoms with Crippen LogP contribution in [0.25, 0.3) is 0 Å². The molecule has 0 unspecified atom stereocenters. The number of rotatable bonds is 10. The summed E-state index contributed by atoms with van der Waals surface area (Å²) in [6.45, 7) is 24.2. The molecule has 0 saturated carbocycles. The Labute approximate surface area is 289 Å². The van der Waals surface area contributed by atoms with Crippen molar-refractivity contribution in [1.29, 1.82) is 0 Å². The Bertz CT molecular complexity index is 1730. The van der Waals surface area contributed by atoms with Gasteiger partial charge in [0.2, 0.25) is 0 Å². The summed E-state index contributed by atoms with van der Waals surface area (Å²) in [5.74, 6) is 2.60.